The van der Waals surface area contributed by atoms with Crippen LogP contribution < -0.4 is 10.6 Å². The van der Waals surface area contributed by atoms with Crippen LogP contribution >= 0.6 is 0 Å². The van der Waals surface area contributed by atoms with Crippen LogP contribution in [0.1, 0.15) is 32.1 Å². The molecular formula is C11H18N2O3. The first-order valence-corrected chi connectivity index (χ1v) is 5.84. The Morgan fingerprint density at radius 2 is 2.06 bits per heavy atom. The Morgan fingerprint density at radius 3 is 2.75 bits per heavy atom. The quantitative estimate of drug-likeness (QED) is 0.648. The molecule has 0 aromatic rings. The molecule has 90 valence electrons. The van der Waals surface area contributed by atoms with Gasteiger partial charge in [-0.05, 0) is 12.8 Å². The largest absolute Gasteiger partial charge is 0.469 e. The summed E-state index contributed by atoms with van der Waals surface area (Å²) in [4.78, 5) is 22.9. The van der Waals surface area contributed by atoms with Crippen molar-refractivity contribution in [3.05, 3.63) is 0 Å². The molecule has 0 aromatic carbocycles. The Kier molecular flexibility index (Phi) is 3.43. The zero-order valence-electron chi connectivity index (χ0n) is 9.49. The first-order chi connectivity index (χ1) is 7.70. The van der Waals surface area contributed by atoms with Gasteiger partial charge in [0, 0.05) is 12.1 Å². The smallest absolute Gasteiger partial charge is 0.307 e. The van der Waals surface area contributed by atoms with Crippen molar-refractivity contribution in [2.75, 3.05) is 7.11 Å². The molecule has 1 aliphatic carbocycles. The SMILES string of the molecule is COC(=O)C[C@H]1N[C@@H]2CCCC[C@@H]2NC1=O. The Morgan fingerprint density at radius 1 is 1.38 bits per heavy atom. The molecule has 2 fully saturated rings. The van der Waals surface area contributed by atoms with Crippen LogP contribution in [0, 0.1) is 0 Å². The van der Waals surface area contributed by atoms with Crippen LogP contribution in [0.3, 0.4) is 0 Å². The summed E-state index contributed by atoms with van der Waals surface area (Å²) >= 11 is 0. The molecule has 0 spiro atoms. The second-order valence-corrected chi connectivity index (χ2v) is 4.51. The highest BCUT2D eigenvalue weighted by Crippen LogP contribution is 2.22. The zero-order valence-corrected chi connectivity index (χ0v) is 9.49. The van der Waals surface area contributed by atoms with Gasteiger partial charge in [-0.1, -0.05) is 12.8 Å². The maximum atomic E-state index is 11.7. The molecule has 1 saturated heterocycles. The van der Waals surface area contributed by atoms with Gasteiger partial charge in [0.15, 0.2) is 0 Å². The minimum Gasteiger partial charge on any atom is -0.469 e. The van der Waals surface area contributed by atoms with Gasteiger partial charge in [-0.2, -0.15) is 0 Å². The van der Waals surface area contributed by atoms with Crippen molar-refractivity contribution in [2.24, 2.45) is 0 Å². The van der Waals surface area contributed by atoms with Crippen molar-refractivity contribution in [3.8, 4) is 0 Å². The first-order valence-electron chi connectivity index (χ1n) is 5.84. The van der Waals surface area contributed by atoms with Gasteiger partial charge >= 0.3 is 5.97 Å². The fourth-order valence-electron chi connectivity index (χ4n) is 2.52. The van der Waals surface area contributed by atoms with E-state index in [1.54, 1.807) is 0 Å². The van der Waals surface area contributed by atoms with E-state index < -0.39 is 6.04 Å². The van der Waals surface area contributed by atoms with E-state index in [1.165, 1.54) is 20.0 Å². The summed E-state index contributed by atoms with van der Waals surface area (Å²) in [6.45, 7) is 0. The van der Waals surface area contributed by atoms with Crippen LogP contribution in [0.25, 0.3) is 0 Å². The zero-order chi connectivity index (χ0) is 11.5. The van der Waals surface area contributed by atoms with Crippen molar-refractivity contribution in [2.45, 2.75) is 50.2 Å². The van der Waals surface area contributed by atoms with Crippen LogP contribution in [-0.2, 0) is 14.3 Å². The molecule has 2 rings (SSSR count). The lowest BCUT2D eigenvalue weighted by Crippen LogP contribution is -2.65. The van der Waals surface area contributed by atoms with Crippen LogP contribution in [0.5, 0.6) is 0 Å². The van der Waals surface area contributed by atoms with Crippen molar-refractivity contribution >= 4 is 11.9 Å². The minimum absolute atomic E-state index is 0.0754. The second-order valence-electron chi connectivity index (χ2n) is 4.51. The molecule has 2 aliphatic rings. The van der Waals surface area contributed by atoms with Crippen LogP contribution in [0.15, 0.2) is 0 Å². The standard InChI is InChI=1S/C11H18N2O3/c1-16-10(14)6-9-11(15)13-8-5-3-2-4-7(8)12-9/h7-9,12H,2-6H2,1H3,(H,13,15)/t7-,8+,9-/m1/s1. The van der Waals surface area contributed by atoms with E-state index in [0.29, 0.717) is 6.04 Å². The number of esters is 1. The van der Waals surface area contributed by atoms with E-state index in [1.807, 2.05) is 0 Å². The Hall–Kier alpha value is -1.10. The van der Waals surface area contributed by atoms with E-state index in [4.69, 9.17) is 0 Å². The van der Waals surface area contributed by atoms with E-state index in [2.05, 4.69) is 15.4 Å². The average molecular weight is 226 g/mol. The molecule has 3 atom stereocenters. The number of fused-ring (bicyclic) bond motifs is 1. The van der Waals surface area contributed by atoms with Gasteiger partial charge in [0.05, 0.1) is 19.6 Å². The molecular weight excluding hydrogens is 208 g/mol. The molecule has 0 unspecified atom stereocenters. The lowest BCUT2D eigenvalue weighted by Gasteiger charge is -2.40. The highest BCUT2D eigenvalue weighted by molar-refractivity contribution is 5.87. The van der Waals surface area contributed by atoms with Gasteiger partial charge in [-0.25, -0.2) is 0 Å². The van der Waals surface area contributed by atoms with E-state index in [-0.39, 0.29) is 24.3 Å². The summed E-state index contributed by atoms with van der Waals surface area (Å²) in [5.74, 6) is -0.421. The molecule has 16 heavy (non-hydrogen) atoms. The number of carbonyl (C=O) groups excluding carboxylic acids is 2. The molecule has 5 nitrogen and oxygen atoms in total. The van der Waals surface area contributed by atoms with E-state index >= 15 is 0 Å². The number of hydrogen-bond donors (Lipinski definition) is 2. The van der Waals surface area contributed by atoms with Gasteiger partial charge < -0.3 is 15.4 Å². The van der Waals surface area contributed by atoms with Crippen LogP contribution in [0.4, 0.5) is 0 Å². The topological polar surface area (TPSA) is 67.4 Å². The summed E-state index contributed by atoms with van der Waals surface area (Å²) in [5.41, 5.74) is 0. The van der Waals surface area contributed by atoms with Gasteiger partial charge in [0.25, 0.3) is 0 Å². The lowest BCUT2D eigenvalue weighted by molar-refractivity contribution is -0.144. The highest BCUT2D eigenvalue weighted by atomic mass is 16.5. The Labute approximate surface area is 94.9 Å². The van der Waals surface area contributed by atoms with Crippen molar-refractivity contribution < 1.29 is 14.3 Å². The number of ether oxygens (including phenoxy) is 1. The predicted octanol–water partition coefficient (Wildman–Crippen LogP) is -0.0513. The third kappa shape index (κ3) is 2.35. The third-order valence-electron chi connectivity index (χ3n) is 3.42. The number of amides is 1. The number of methoxy groups -OCH3 is 1. The minimum atomic E-state index is -0.424. The maximum Gasteiger partial charge on any atom is 0.307 e. The van der Waals surface area contributed by atoms with Crippen molar-refractivity contribution in [1.82, 2.24) is 10.6 Å². The molecule has 1 amide bonds. The number of carbonyl (C=O) groups is 2. The molecule has 1 heterocycles. The number of nitrogens with one attached hydrogen (secondary N) is 2. The monoisotopic (exact) mass is 226 g/mol. The lowest BCUT2D eigenvalue weighted by atomic mass is 9.87. The Bertz CT molecular complexity index is 293. The van der Waals surface area contributed by atoms with Crippen molar-refractivity contribution in [1.29, 1.82) is 0 Å². The fourth-order valence-corrected chi connectivity index (χ4v) is 2.52. The average Bonchev–Trinajstić information content (AvgIpc) is 2.30. The number of rotatable bonds is 2. The number of piperazine rings is 1. The third-order valence-corrected chi connectivity index (χ3v) is 3.42. The molecule has 0 radical (unpaired) electrons. The van der Waals surface area contributed by atoms with Crippen LogP contribution in [-0.4, -0.2) is 37.1 Å². The van der Waals surface area contributed by atoms with Crippen molar-refractivity contribution in [3.63, 3.8) is 0 Å². The molecule has 5 heteroatoms. The maximum absolute atomic E-state index is 11.7. The first kappa shape index (κ1) is 11.4. The number of hydrogen-bond acceptors (Lipinski definition) is 4. The molecule has 2 N–H and O–H groups in total. The van der Waals surface area contributed by atoms with Crippen LogP contribution in [0.2, 0.25) is 0 Å². The summed E-state index contributed by atoms with van der Waals surface area (Å²) in [6.07, 6.45) is 4.59. The Balaban J connectivity index is 1.95. The summed E-state index contributed by atoms with van der Waals surface area (Å²) in [6, 6.07) is 0.142. The molecule has 0 bridgehead atoms. The normalized spacial score (nSPS) is 33.8. The second kappa shape index (κ2) is 4.82. The predicted molar refractivity (Wildman–Crippen MR) is 57.7 cm³/mol. The molecule has 1 aliphatic heterocycles. The molecule has 1 saturated carbocycles. The molecule has 0 aromatic heterocycles. The highest BCUT2D eigenvalue weighted by Gasteiger charge is 2.37. The van der Waals surface area contributed by atoms with E-state index in [9.17, 15) is 9.59 Å². The summed E-state index contributed by atoms with van der Waals surface area (Å²) in [5, 5.41) is 6.25. The van der Waals surface area contributed by atoms with Gasteiger partial charge in [-0.15, -0.1) is 0 Å². The van der Waals surface area contributed by atoms with E-state index in [0.717, 1.165) is 12.8 Å². The fraction of sp³-hybridized carbons (Fsp3) is 0.818. The van der Waals surface area contributed by atoms with Gasteiger partial charge in [0.2, 0.25) is 5.91 Å². The van der Waals surface area contributed by atoms with Gasteiger partial charge in [-0.3, -0.25) is 9.59 Å². The summed E-state index contributed by atoms with van der Waals surface area (Å²) in [7, 11) is 1.34. The summed E-state index contributed by atoms with van der Waals surface area (Å²) < 4.78 is 4.58. The van der Waals surface area contributed by atoms with Gasteiger partial charge in [0.1, 0.15) is 0 Å².